The lowest BCUT2D eigenvalue weighted by atomic mass is 9.84. The summed E-state index contributed by atoms with van der Waals surface area (Å²) in [6.07, 6.45) is 5.46. The summed E-state index contributed by atoms with van der Waals surface area (Å²) in [5, 5.41) is 14.4. The smallest absolute Gasteiger partial charge is 0.319 e. The van der Waals surface area contributed by atoms with Gasteiger partial charge in [-0.3, -0.25) is 0 Å². The number of urea groups is 1. The fourth-order valence-electron chi connectivity index (χ4n) is 3.38. The SMILES string of the molecule is CN(C)C(=O)NC1(C2CCCCCC2)OCCC(Cl)=C(Cl)C1O. The minimum atomic E-state index is -1.22. The van der Waals surface area contributed by atoms with Crippen molar-refractivity contribution in [2.24, 2.45) is 5.92 Å². The Morgan fingerprint density at radius 2 is 1.87 bits per heavy atom. The van der Waals surface area contributed by atoms with Gasteiger partial charge in [0.2, 0.25) is 0 Å². The fraction of sp³-hybridized carbons (Fsp3) is 0.812. The lowest BCUT2D eigenvalue weighted by molar-refractivity contribution is -0.157. The van der Waals surface area contributed by atoms with Crippen molar-refractivity contribution in [2.75, 3.05) is 20.7 Å². The number of carbonyl (C=O) groups is 1. The predicted molar refractivity (Wildman–Crippen MR) is 91.4 cm³/mol. The van der Waals surface area contributed by atoms with Crippen LogP contribution in [0.4, 0.5) is 4.79 Å². The molecule has 7 heteroatoms. The highest BCUT2D eigenvalue weighted by atomic mass is 35.5. The standard InChI is InChI=1S/C16H26Cl2N2O3/c1-20(2)15(22)19-16(11-7-5-3-4-6-8-11)14(21)13(18)12(17)9-10-23-16/h11,14,21H,3-10H2,1-2H3,(H,19,22). The van der Waals surface area contributed by atoms with Crippen LogP contribution in [0.3, 0.4) is 0 Å². The number of nitrogens with zero attached hydrogens (tertiary/aromatic N) is 1. The van der Waals surface area contributed by atoms with Gasteiger partial charge in [0.05, 0.1) is 11.6 Å². The van der Waals surface area contributed by atoms with Crippen LogP contribution < -0.4 is 5.32 Å². The average molecular weight is 365 g/mol. The zero-order valence-electron chi connectivity index (χ0n) is 13.8. The van der Waals surface area contributed by atoms with E-state index in [1.165, 1.54) is 4.90 Å². The molecule has 0 saturated heterocycles. The maximum Gasteiger partial charge on any atom is 0.319 e. The molecule has 2 N–H and O–H groups in total. The summed E-state index contributed by atoms with van der Waals surface area (Å²) in [6, 6.07) is -0.309. The van der Waals surface area contributed by atoms with Crippen LogP contribution in [0.15, 0.2) is 10.1 Å². The Balaban J connectivity index is 2.38. The predicted octanol–water partition coefficient (Wildman–Crippen LogP) is 3.39. The minimum Gasteiger partial charge on any atom is -0.382 e. The zero-order chi connectivity index (χ0) is 17.0. The van der Waals surface area contributed by atoms with Crippen molar-refractivity contribution in [3.05, 3.63) is 10.1 Å². The van der Waals surface area contributed by atoms with Gasteiger partial charge in [0, 0.05) is 31.5 Å². The average Bonchev–Trinajstić information content (AvgIpc) is 2.85. The lowest BCUT2D eigenvalue weighted by Gasteiger charge is -2.43. The molecule has 5 nitrogen and oxygen atoms in total. The molecule has 0 radical (unpaired) electrons. The van der Waals surface area contributed by atoms with Crippen LogP contribution in [-0.4, -0.2) is 48.6 Å². The number of nitrogens with one attached hydrogen (secondary N) is 1. The molecule has 2 rings (SSSR count). The molecule has 2 amide bonds. The van der Waals surface area contributed by atoms with Crippen LogP contribution >= 0.6 is 23.2 Å². The van der Waals surface area contributed by atoms with E-state index in [2.05, 4.69) is 5.32 Å². The van der Waals surface area contributed by atoms with E-state index in [9.17, 15) is 9.90 Å². The Morgan fingerprint density at radius 3 is 2.43 bits per heavy atom. The number of carbonyl (C=O) groups excluding carboxylic acids is 1. The molecule has 1 aliphatic heterocycles. The minimum absolute atomic E-state index is 0.000201. The fourth-order valence-corrected chi connectivity index (χ4v) is 3.82. The van der Waals surface area contributed by atoms with Gasteiger partial charge in [-0.05, 0) is 12.8 Å². The van der Waals surface area contributed by atoms with Crippen molar-refractivity contribution in [1.82, 2.24) is 10.2 Å². The molecule has 1 saturated carbocycles. The van der Waals surface area contributed by atoms with Gasteiger partial charge < -0.3 is 20.1 Å². The number of halogens is 2. The van der Waals surface area contributed by atoms with Crippen molar-refractivity contribution in [3.63, 3.8) is 0 Å². The topological polar surface area (TPSA) is 61.8 Å². The second-order valence-electron chi connectivity index (χ2n) is 6.56. The van der Waals surface area contributed by atoms with Gasteiger partial charge in [-0.2, -0.15) is 0 Å². The van der Waals surface area contributed by atoms with Crippen LogP contribution in [0.5, 0.6) is 0 Å². The van der Waals surface area contributed by atoms with Crippen molar-refractivity contribution in [3.8, 4) is 0 Å². The third kappa shape index (κ3) is 4.13. The van der Waals surface area contributed by atoms with E-state index in [-0.39, 0.29) is 17.0 Å². The van der Waals surface area contributed by atoms with Gasteiger partial charge in [-0.15, -0.1) is 0 Å². The first-order valence-corrected chi connectivity index (χ1v) is 8.99. The molecule has 23 heavy (non-hydrogen) atoms. The molecule has 0 bridgehead atoms. The van der Waals surface area contributed by atoms with Crippen molar-refractivity contribution in [1.29, 1.82) is 0 Å². The van der Waals surface area contributed by atoms with E-state index >= 15 is 0 Å². The molecule has 2 unspecified atom stereocenters. The summed E-state index contributed by atoms with van der Waals surface area (Å²) < 4.78 is 6.04. The Hall–Kier alpha value is -0.490. The largest absolute Gasteiger partial charge is 0.382 e. The molecule has 0 aromatic heterocycles. The molecule has 2 aliphatic rings. The highest BCUT2D eigenvalue weighted by Gasteiger charge is 2.50. The van der Waals surface area contributed by atoms with Crippen LogP contribution in [-0.2, 0) is 4.74 Å². The van der Waals surface area contributed by atoms with Gasteiger partial charge in [0.1, 0.15) is 6.10 Å². The van der Waals surface area contributed by atoms with E-state index in [1.54, 1.807) is 14.1 Å². The van der Waals surface area contributed by atoms with Gasteiger partial charge in [-0.1, -0.05) is 48.9 Å². The molecule has 0 spiro atoms. The van der Waals surface area contributed by atoms with Crippen LogP contribution in [0.2, 0.25) is 0 Å². The van der Waals surface area contributed by atoms with Gasteiger partial charge in [-0.25, -0.2) is 4.79 Å². The van der Waals surface area contributed by atoms with Crippen molar-refractivity contribution >= 4 is 29.2 Å². The number of hydrogen-bond donors (Lipinski definition) is 2. The molecule has 0 aromatic carbocycles. The van der Waals surface area contributed by atoms with Gasteiger partial charge >= 0.3 is 6.03 Å². The van der Waals surface area contributed by atoms with Crippen molar-refractivity contribution < 1.29 is 14.6 Å². The molecule has 0 aromatic rings. The molecule has 1 aliphatic carbocycles. The lowest BCUT2D eigenvalue weighted by Crippen LogP contribution is -2.64. The van der Waals surface area contributed by atoms with E-state index < -0.39 is 11.8 Å². The summed E-state index contributed by atoms with van der Waals surface area (Å²) in [4.78, 5) is 13.8. The van der Waals surface area contributed by atoms with Gasteiger partial charge in [0.15, 0.2) is 5.72 Å². The first kappa shape index (κ1) is 18.8. The summed E-state index contributed by atoms with van der Waals surface area (Å²) in [7, 11) is 3.31. The Morgan fingerprint density at radius 1 is 1.26 bits per heavy atom. The Kier molecular flexibility index (Phi) is 6.60. The van der Waals surface area contributed by atoms with E-state index in [1.807, 2.05) is 0 Å². The number of hydrogen-bond acceptors (Lipinski definition) is 3. The monoisotopic (exact) mass is 364 g/mol. The highest BCUT2D eigenvalue weighted by Crippen LogP contribution is 2.41. The van der Waals surface area contributed by atoms with Crippen LogP contribution in [0.1, 0.15) is 44.9 Å². The number of amides is 2. The van der Waals surface area contributed by atoms with Crippen molar-refractivity contribution in [2.45, 2.75) is 56.8 Å². The molecular weight excluding hydrogens is 339 g/mol. The first-order chi connectivity index (χ1) is 10.9. The Bertz CT molecular complexity index is 462. The van der Waals surface area contributed by atoms with E-state index in [0.717, 1.165) is 38.5 Å². The third-order valence-corrected chi connectivity index (χ3v) is 5.66. The maximum absolute atomic E-state index is 12.3. The number of aliphatic hydroxyl groups is 1. The number of rotatable bonds is 2. The normalized spacial score (nSPS) is 30.6. The summed E-state index contributed by atoms with van der Waals surface area (Å²) in [5.41, 5.74) is -1.22. The zero-order valence-corrected chi connectivity index (χ0v) is 15.3. The quantitative estimate of drug-likeness (QED) is 0.738. The number of ether oxygens (including phenoxy) is 1. The summed E-state index contributed by atoms with van der Waals surface area (Å²) in [6.45, 7) is 0.316. The van der Waals surface area contributed by atoms with Crippen LogP contribution in [0.25, 0.3) is 0 Å². The second-order valence-corrected chi connectivity index (χ2v) is 7.42. The maximum atomic E-state index is 12.3. The molecular formula is C16H26Cl2N2O3. The van der Waals surface area contributed by atoms with Gasteiger partial charge in [0.25, 0.3) is 0 Å². The summed E-state index contributed by atoms with van der Waals surface area (Å²) in [5.74, 6) is 0.000201. The highest BCUT2D eigenvalue weighted by molar-refractivity contribution is 6.39. The molecule has 132 valence electrons. The Labute approximate surface area is 147 Å². The molecule has 2 atom stereocenters. The van der Waals surface area contributed by atoms with E-state index in [0.29, 0.717) is 18.1 Å². The molecule has 1 fully saturated rings. The first-order valence-electron chi connectivity index (χ1n) is 8.24. The summed E-state index contributed by atoms with van der Waals surface area (Å²) >= 11 is 12.4. The van der Waals surface area contributed by atoms with E-state index in [4.69, 9.17) is 27.9 Å². The third-order valence-electron chi connectivity index (χ3n) is 4.74. The second kappa shape index (κ2) is 8.06. The number of aliphatic hydroxyl groups excluding tert-OH is 1. The molecule has 1 heterocycles. The van der Waals surface area contributed by atoms with Crippen LogP contribution in [0, 0.1) is 5.92 Å².